The molecule has 20 heavy (non-hydrogen) atoms. The highest BCUT2D eigenvalue weighted by atomic mass is 19.4. The molecule has 0 saturated carbocycles. The van der Waals surface area contributed by atoms with Crippen molar-refractivity contribution in [3.63, 3.8) is 0 Å². The maximum Gasteiger partial charge on any atom is 0.416 e. The van der Waals surface area contributed by atoms with Crippen molar-refractivity contribution in [3.05, 3.63) is 35.4 Å². The van der Waals surface area contributed by atoms with Gasteiger partial charge in [0.05, 0.1) is 5.56 Å². The van der Waals surface area contributed by atoms with E-state index >= 15 is 0 Å². The van der Waals surface area contributed by atoms with E-state index in [9.17, 15) is 13.2 Å². The van der Waals surface area contributed by atoms with Crippen molar-refractivity contribution < 1.29 is 13.2 Å². The Balaban J connectivity index is 2.95. The van der Waals surface area contributed by atoms with Gasteiger partial charge in [0.1, 0.15) is 0 Å². The van der Waals surface area contributed by atoms with Crippen molar-refractivity contribution in [2.24, 2.45) is 5.92 Å². The molecule has 0 aliphatic heterocycles. The van der Waals surface area contributed by atoms with Gasteiger partial charge in [-0.15, -0.1) is 0 Å². The van der Waals surface area contributed by atoms with Crippen LogP contribution in [0.1, 0.15) is 50.7 Å². The molecule has 0 fully saturated rings. The fourth-order valence-corrected chi connectivity index (χ4v) is 2.31. The summed E-state index contributed by atoms with van der Waals surface area (Å²) in [6.45, 7) is 7.87. The van der Waals surface area contributed by atoms with Gasteiger partial charge in [-0.1, -0.05) is 45.4 Å². The third kappa shape index (κ3) is 4.82. The van der Waals surface area contributed by atoms with E-state index in [0.717, 1.165) is 37.6 Å². The third-order valence-corrected chi connectivity index (χ3v) is 3.76. The molecule has 0 aromatic heterocycles. The Morgan fingerprint density at radius 1 is 1.20 bits per heavy atom. The van der Waals surface area contributed by atoms with Crippen LogP contribution in [0.5, 0.6) is 0 Å². The zero-order valence-electron chi connectivity index (χ0n) is 12.4. The Morgan fingerprint density at radius 3 is 2.45 bits per heavy atom. The van der Waals surface area contributed by atoms with Crippen molar-refractivity contribution in [1.29, 1.82) is 0 Å². The van der Waals surface area contributed by atoms with Gasteiger partial charge in [-0.3, -0.25) is 0 Å². The second-order valence-electron chi connectivity index (χ2n) is 5.32. The highest BCUT2D eigenvalue weighted by Crippen LogP contribution is 2.33. The van der Waals surface area contributed by atoms with E-state index in [1.54, 1.807) is 6.07 Å². The lowest BCUT2D eigenvalue weighted by atomic mass is 9.85. The second-order valence-corrected chi connectivity index (χ2v) is 5.32. The van der Waals surface area contributed by atoms with Crippen molar-refractivity contribution in [1.82, 2.24) is 5.32 Å². The van der Waals surface area contributed by atoms with Gasteiger partial charge in [0, 0.05) is 6.54 Å². The van der Waals surface area contributed by atoms with Gasteiger partial charge in [0.25, 0.3) is 0 Å². The van der Waals surface area contributed by atoms with Crippen molar-refractivity contribution >= 4 is 0 Å². The zero-order chi connectivity index (χ0) is 15.2. The first-order valence-corrected chi connectivity index (χ1v) is 7.28. The quantitative estimate of drug-likeness (QED) is 0.708. The molecule has 1 aromatic carbocycles. The fourth-order valence-electron chi connectivity index (χ4n) is 2.31. The predicted octanol–water partition coefficient (Wildman–Crippen LogP) is 4.83. The molecule has 0 aliphatic carbocycles. The maximum absolute atomic E-state index is 12.8. The fraction of sp³-hybridized carbons (Fsp3) is 0.625. The highest BCUT2D eigenvalue weighted by Gasteiger charge is 2.31. The molecule has 2 unspecified atom stereocenters. The van der Waals surface area contributed by atoms with Crippen LogP contribution in [0.3, 0.4) is 0 Å². The summed E-state index contributed by atoms with van der Waals surface area (Å²) < 4.78 is 38.4. The van der Waals surface area contributed by atoms with Crippen LogP contribution < -0.4 is 5.32 Å². The van der Waals surface area contributed by atoms with Gasteiger partial charge >= 0.3 is 6.18 Å². The number of hydrogen-bond donors (Lipinski definition) is 1. The molecule has 2 atom stereocenters. The van der Waals surface area contributed by atoms with E-state index in [2.05, 4.69) is 26.1 Å². The molecular formula is C16H24F3N. The third-order valence-electron chi connectivity index (χ3n) is 3.76. The largest absolute Gasteiger partial charge is 0.416 e. The summed E-state index contributed by atoms with van der Waals surface area (Å²) in [4.78, 5) is 0. The Morgan fingerprint density at radius 2 is 1.90 bits per heavy atom. The average molecular weight is 287 g/mol. The summed E-state index contributed by atoms with van der Waals surface area (Å²) in [7, 11) is 0. The first kappa shape index (κ1) is 17.0. The number of halogens is 3. The Labute approximate surface area is 119 Å². The zero-order valence-corrected chi connectivity index (χ0v) is 12.4. The molecule has 0 spiro atoms. The first-order valence-electron chi connectivity index (χ1n) is 7.28. The molecule has 1 nitrogen and oxygen atoms in total. The molecule has 114 valence electrons. The summed E-state index contributed by atoms with van der Waals surface area (Å²) in [6, 6.07) is 5.74. The number of nitrogens with one attached hydrogen (secondary N) is 1. The van der Waals surface area contributed by atoms with Crippen molar-refractivity contribution in [3.8, 4) is 0 Å². The number of rotatable bonds is 7. The summed E-state index contributed by atoms with van der Waals surface area (Å²) in [5, 5.41) is 3.33. The summed E-state index contributed by atoms with van der Waals surface area (Å²) >= 11 is 0. The molecule has 1 N–H and O–H groups in total. The van der Waals surface area contributed by atoms with E-state index in [4.69, 9.17) is 0 Å². The molecule has 0 amide bonds. The lowest BCUT2D eigenvalue weighted by Crippen LogP contribution is -2.26. The van der Waals surface area contributed by atoms with Crippen LogP contribution in [0.25, 0.3) is 0 Å². The molecule has 0 radical (unpaired) electrons. The topological polar surface area (TPSA) is 12.0 Å². The highest BCUT2D eigenvalue weighted by molar-refractivity contribution is 5.29. The van der Waals surface area contributed by atoms with Crippen LogP contribution in [0.15, 0.2) is 24.3 Å². The van der Waals surface area contributed by atoms with E-state index < -0.39 is 11.7 Å². The normalized spacial score (nSPS) is 15.1. The lowest BCUT2D eigenvalue weighted by molar-refractivity contribution is -0.137. The Kier molecular flexibility index (Phi) is 6.53. The average Bonchev–Trinajstić information content (AvgIpc) is 2.42. The van der Waals surface area contributed by atoms with Gasteiger partial charge in [0.15, 0.2) is 0 Å². The van der Waals surface area contributed by atoms with Crippen LogP contribution in [0.2, 0.25) is 0 Å². The van der Waals surface area contributed by atoms with E-state index in [-0.39, 0.29) is 5.92 Å². The monoisotopic (exact) mass is 287 g/mol. The van der Waals surface area contributed by atoms with Gasteiger partial charge in [-0.25, -0.2) is 0 Å². The second kappa shape index (κ2) is 7.67. The summed E-state index contributed by atoms with van der Waals surface area (Å²) in [6.07, 6.45) is -2.29. The number of alkyl halides is 3. The van der Waals surface area contributed by atoms with Gasteiger partial charge < -0.3 is 5.32 Å². The Bertz CT molecular complexity index is 401. The smallest absolute Gasteiger partial charge is 0.316 e. The lowest BCUT2D eigenvalue weighted by Gasteiger charge is -2.24. The maximum atomic E-state index is 12.8. The van der Waals surface area contributed by atoms with Gasteiger partial charge in [0.2, 0.25) is 0 Å². The van der Waals surface area contributed by atoms with Crippen LogP contribution in [0.4, 0.5) is 13.2 Å². The van der Waals surface area contributed by atoms with Crippen LogP contribution in [-0.4, -0.2) is 13.1 Å². The van der Waals surface area contributed by atoms with Crippen molar-refractivity contribution in [2.75, 3.05) is 13.1 Å². The minimum atomic E-state index is -4.27. The summed E-state index contributed by atoms with van der Waals surface area (Å²) in [5.74, 6) is 0.469. The van der Waals surface area contributed by atoms with Crippen LogP contribution in [0, 0.1) is 5.92 Å². The van der Waals surface area contributed by atoms with E-state index in [1.807, 2.05) is 0 Å². The number of benzene rings is 1. The van der Waals surface area contributed by atoms with E-state index in [0.29, 0.717) is 5.92 Å². The molecular weight excluding hydrogens is 263 g/mol. The standard InChI is InChI=1S/C16H24F3N/c1-4-9-20-11-15(12(3)5-2)13-7-6-8-14(10-13)16(17,18)19/h6-8,10,12,15,20H,4-5,9,11H2,1-3H3. The molecule has 4 heteroatoms. The minimum absolute atomic E-state index is 0.119. The van der Waals surface area contributed by atoms with Crippen LogP contribution in [-0.2, 0) is 6.18 Å². The van der Waals surface area contributed by atoms with Crippen LogP contribution >= 0.6 is 0 Å². The molecule has 0 bridgehead atoms. The predicted molar refractivity (Wildman–Crippen MR) is 76.8 cm³/mol. The minimum Gasteiger partial charge on any atom is -0.316 e. The first-order chi connectivity index (χ1) is 9.40. The number of hydrogen-bond acceptors (Lipinski definition) is 1. The molecule has 1 aromatic rings. The molecule has 0 saturated heterocycles. The van der Waals surface area contributed by atoms with Crippen molar-refractivity contribution in [2.45, 2.75) is 45.7 Å². The molecule has 0 heterocycles. The Hall–Kier alpha value is -1.03. The molecule has 1 rings (SSSR count). The van der Waals surface area contributed by atoms with Gasteiger partial charge in [-0.05, 0) is 36.4 Å². The van der Waals surface area contributed by atoms with Gasteiger partial charge in [-0.2, -0.15) is 13.2 Å². The molecule has 0 aliphatic rings. The summed E-state index contributed by atoms with van der Waals surface area (Å²) in [5.41, 5.74) is 0.219. The SMILES string of the molecule is CCCNCC(c1cccc(C(F)(F)F)c1)C(C)CC. The van der Waals surface area contributed by atoms with E-state index in [1.165, 1.54) is 12.1 Å².